The van der Waals surface area contributed by atoms with Gasteiger partial charge in [0.05, 0.1) is 18.1 Å². The van der Waals surface area contributed by atoms with Gasteiger partial charge >= 0.3 is 0 Å². The number of nitrogens with zero attached hydrogens (tertiary/aromatic N) is 2. The summed E-state index contributed by atoms with van der Waals surface area (Å²) >= 11 is 1.81. The van der Waals surface area contributed by atoms with Gasteiger partial charge in [-0.2, -0.15) is 11.8 Å². The molecular formula is C15H25IN4O3S. The Balaban J connectivity index is 0.00000529. The Morgan fingerprint density at radius 1 is 1.29 bits per heavy atom. The van der Waals surface area contributed by atoms with Gasteiger partial charge in [-0.1, -0.05) is 12.1 Å². The van der Waals surface area contributed by atoms with Gasteiger partial charge in [-0.3, -0.25) is 10.1 Å². The Kier molecular flexibility index (Phi) is 13.7. The van der Waals surface area contributed by atoms with E-state index in [1.807, 2.05) is 11.8 Å². The molecule has 0 heterocycles. The van der Waals surface area contributed by atoms with Crippen LogP contribution in [0.15, 0.2) is 29.3 Å². The van der Waals surface area contributed by atoms with Crippen LogP contribution in [-0.4, -0.2) is 49.7 Å². The average molecular weight is 468 g/mol. The van der Waals surface area contributed by atoms with Crippen LogP contribution in [0.25, 0.3) is 0 Å². The van der Waals surface area contributed by atoms with Gasteiger partial charge in [0.2, 0.25) is 0 Å². The summed E-state index contributed by atoms with van der Waals surface area (Å²) in [6.45, 7) is 2.58. The maximum absolute atomic E-state index is 10.6. The minimum absolute atomic E-state index is 0. The number of thioether (sulfide) groups is 1. The summed E-state index contributed by atoms with van der Waals surface area (Å²) < 4.78 is 5.02. The Labute approximate surface area is 164 Å². The lowest BCUT2D eigenvalue weighted by atomic mass is 10.2. The molecule has 24 heavy (non-hydrogen) atoms. The standard InChI is InChI=1S/C15H24N4O3S.HI/c1-22-10-9-17-15(16-8-3-11-23-2)18-12-13-4-6-14(7-5-13)19(20)21;/h4-7H,3,8-12H2,1-2H3,(H2,16,17,18);1H. The second-order valence-corrected chi connectivity index (χ2v) is 5.77. The number of nitrogens with one attached hydrogen (secondary N) is 2. The normalized spacial score (nSPS) is 10.8. The van der Waals surface area contributed by atoms with Crippen molar-refractivity contribution in [3.05, 3.63) is 39.9 Å². The number of halogens is 1. The van der Waals surface area contributed by atoms with Crippen LogP contribution in [-0.2, 0) is 11.3 Å². The molecule has 0 radical (unpaired) electrons. The summed E-state index contributed by atoms with van der Waals surface area (Å²) in [5, 5.41) is 17.1. The molecule has 0 amide bonds. The van der Waals surface area contributed by atoms with E-state index in [1.165, 1.54) is 12.1 Å². The highest BCUT2D eigenvalue weighted by Crippen LogP contribution is 2.12. The van der Waals surface area contributed by atoms with Crippen molar-refractivity contribution >= 4 is 47.4 Å². The van der Waals surface area contributed by atoms with E-state index in [9.17, 15) is 10.1 Å². The largest absolute Gasteiger partial charge is 0.383 e. The molecule has 0 fully saturated rings. The molecule has 0 spiro atoms. The smallest absolute Gasteiger partial charge is 0.269 e. The van der Waals surface area contributed by atoms with E-state index in [2.05, 4.69) is 21.9 Å². The number of ether oxygens (including phenoxy) is 1. The van der Waals surface area contributed by atoms with Gasteiger partial charge in [0.25, 0.3) is 5.69 Å². The third-order valence-corrected chi connectivity index (χ3v) is 3.68. The van der Waals surface area contributed by atoms with Crippen molar-refractivity contribution in [1.82, 2.24) is 10.6 Å². The molecule has 0 saturated carbocycles. The third kappa shape index (κ3) is 9.93. The molecule has 1 aromatic carbocycles. The fourth-order valence-electron chi connectivity index (χ4n) is 1.76. The summed E-state index contributed by atoms with van der Waals surface area (Å²) in [5.41, 5.74) is 1.01. The average Bonchev–Trinajstić information content (AvgIpc) is 2.56. The van der Waals surface area contributed by atoms with Crippen molar-refractivity contribution in [3.8, 4) is 0 Å². The number of non-ortho nitro benzene ring substituents is 1. The molecule has 9 heteroatoms. The lowest BCUT2D eigenvalue weighted by Crippen LogP contribution is -2.39. The molecule has 0 unspecified atom stereocenters. The Bertz CT molecular complexity index is 500. The molecule has 0 bridgehead atoms. The molecule has 0 aliphatic heterocycles. The highest BCUT2D eigenvalue weighted by molar-refractivity contribution is 14.0. The van der Waals surface area contributed by atoms with Crippen LogP contribution in [0.3, 0.4) is 0 Å². The number of rotatable bonds is 10. The van der Waals surface area contributed by atoms with Crippen LogP contribution in [0.4, 0.5) is 5.69 Å². The van der Waals surface area contributed by atoms with Crippen LogP contribution in [0.1, 0.15) is 12.0 Å². The van der Waals surface area contributed by atoms with Gasteiger partial charge in [-0.25, -0.2) is 4.99 Å². The number of methoxy groups -OCH3 is 1. The minimum Gasteiger partial charge on any atom is -0.383 e. The van der Waals surface area contributed by atoms with E-state index in [1.54, 1.807) is 19.2 Å². The van der Waals surface area contributed by atoms with Gasteiger partial charge in [0.15, 0.2) is 5.96 Å². The Morgan fingerprint density at radius 2 is 1.96 bits per heavy atom. The zero-order valence-electron chi connectivity index (χ0n) is 14.0. The molecule has 0 atom stereocenters. The van der Waals surface area contributed by atoms with E-state index in [4.69, 9.17) is 4.74 Å². The van der Waals surface area contributed by atoms with Crippen molar-refractivity contribution in [2.75, 3.05) is 38.8 Å². The first-order valence-electron chi connectivity index (χ1n) is 7.40. The molecule has 136 valence electrons. The monoisotopic (exact) mass is 468 g/mol. The van der Waals surface area contributed by atoms with Crippen LogP contribution in [0.2, 0.25) is 0 Å². The van der Waals surface area contributed by atoms with E-state index in [0.717, 1.165) is 30.2 Å². The van der Waals surface area contributed by atoms with Gasteiger partial charge in [-0.15, -0.1) is 24.0 Å². The molecule has 0 aliphatic rings. The summed E-state index contributed by atoms with van der Waals surface area (Å²) in [6.07, 6.45) is 3.14. The topological polar surface area (TPSA) is 88.8 Å². The molecule has 0 aromatic heterocycles. The number of nitro groups is 1. The van der Waals surface area contributed by atoms with Crippen LogP contribution in [0, 0.1) is 10.1 Å². The third-order valence-electron chi connectivity index (χ3n) is 2.98. The predicted octanol–water partition coefficient (Wildman–Crippen LogP) is 2.65. The number of aliphatic imine (C=N–C) groups is 1. The Morgan fingerprint density at radius 3 is 2.54 bits per heavy atom. The fraction of sp³-hybridized carbons (Fsp3) is 0.533. The maximum Gasteiger partial charge on any atom is 0.269 e. The van der Waals surface area contributed by atoms with Crippen molar-refractivity contribution in [3.63, 3.8) is 0 Å². The van der Waals surface area contributed by atoms with Gasteiger partial charge in [0.1, 0.15) is 0 Å². The molecule has 0 aliphatic carbocycles. The summed E-state index contributed by atoms with van der Waals surface area (Å²) in [4.78, 5) is 14.7. The summed E-state index contributed by atoms with van der Waals surface area (Å²) in [6, 6.07) is 6.44. The minimum atomic E-state index is -0.405. The predicted molar refractivity (Wildman–Crippen MR) is 111 cm³/mol. The van der Waals surface area contributed by atoms with Crippen molar-refractivity contribution in [2.45, 2.75) is 13.0 Å². The lowest BCUT2D eigenvalue weighted by molar-refractivity contribution is -0.384. The Hall–Kier alpha value is -1.07. The summed E-state index contributed by atoms with van der Waals surface area (Å²) in [7, 11) is 1.65. The SMILES string of the molecule is COCCNC(=NCc1ccc([N+](=O)[O-])cc1)NCCCSC.I. The maximum atomic E-state index is 10.6. The zero-order valence-corrected chi connectivity index (χ0v) is 17.1. The number of nitro benzene ring substituents is 1. The second kappa shape index (κ2) is 14.3. The summed E-state index contributed by atoms with van der Waals surface area (Å²) in [5.74, 6) is 1.82. The number of benzene rings is 1. The molecule has 0 saturated heterocycles. The number of guanidine groups is 1. The van der Waals surface area contributed by atoms with Crippen molar-refractivity contribution < 1.29 is 9.66 Å². The zero-order chi connectivity index (χ0) is 16.9. The van der Waals surface area contributed by atoms with Gasteiger partial charge in [-0.05, 0) is 24.0 Å². The first-order chi connectivity index (χ1) is 11.2. The van der Waals surface area contributed by atoms with Gasteiger partial charge < -0.3 is 15.4 Å². The quantitative estimate of drug-likeness (QED) is 0.137. The van der Waals surface area contributed by atoms with E-state index in [-0.39, 0.29) is 29.7 Å². The fourth-order valence-corrected chi connectivity index (χ4v) is 2.20. The molecular weight excluding hydrogens is 443 g/mol. The first-order valence-corrected chi connectivity index (χ1v) is 8.80. The van der Waals surface area contributed by atoms with Gasteiger partial charge in [0, 0.05) is 32.3 Å². The molecule has 1 rings (SSSR count). The number of hydrogen-bond acceptors (Lipinski definition) is 5. The van der Waals surface area contributed by atoms with Crippen LogP contribution >= 0.6 is 35.7 Å². The molecule has 7 nitrogen and oxygen atoms in total. The van der Waals surface area contributed by atoms with Crippen molar-refractivity contribution in [1.29, 1.82) is 0 Å². The molecule has 1 aromatic rings. The highest BCUT2D eigenvalue weighted by Gasteiger charge is 2.04. The first kappa shape index (κ1) is 22.9. The highest BCUT2D eigenvalue weighted by atomic mass is 127. The van der Waals surface area contributed by atoms with E-state index < -0.39 is 4.92 Å². The van der Waals surface area contributed by atoms with Crippen LogP contribution < -0.4 is 10.6 Å². The van der Waals surface area contributed by atoms with E-state index >= 15 is 0 Å². The molecule has 2 N–H and O–H groups in total. The van der Waals surface area contributed by atoms with Crippen LogP contribution in [0.5, 0.6) is 0 Å². The van der Waals surface area contributed by atoms with E-state index in [0.29, 0.717) is 19.7 Å². The lowest BCUT2D eigenvalue weighted by Gasteiger charge is -2.12. The number of hydrogen-bond donors (Lipinski definition) is 2. The van der Waals surface area contributed by atoms with Crippen molar-refractivity contribution in [2.24, 2.45) is 4.99 Å². The second-order valence-electron chi connectivity index (χ2n) is 4.78.